The molecule has 158 valence electrons. The second-order valence-corrected chi connectivity index (χ2v) is 8.23. The van der Waals surface area contributed by atoms with Gasteiger partial charge < -0.3 is 14.4 Å². The first kappa shape index (κ1) is 20.3. The van der Waals surface area contributed by atoms with Gasteiger partial charge in [-0.3, -0.25) is 4.79 Å². The number of benzene rings is 1. The highest BCUT2D eigenvalue weighted by molar-refractivity contribution is 5.94. The molecule has 7 heteroatoms. The molecule has 0 radical (unpaired) electrons. The molecule has 0 unspecified atom stereocenters. The van der Waals surface area contributed by atoms with Gasteiger partial charge in [0.1, 0.15) is 17.3 Å². The van der Waals surface area contributed by atoms with E-state index in [0.717, 1.165) is 53.8 Å². The van der Waals surface area contributed by atoms with Crippen molar-refractivity contribution < 1.29 is 18.2 Å². The van der Waals surface area contributed by atoms with Gasteiger partial charge in [0, 0.05) is 29.5 Å². The highest BCUT2D eigenvalue weighted by atomic mass is 19.1. The van der Waals surface area contributed by atoms with Crippen LogP contribution in [0.15, 0.2) is 33.3 Å². The average molecular weight is 411 g/mol. The molecular weight excluding hydrogens is 385 g/mol. The summed E-state index contributed by atoms with van der Waals surface area (Å²) in [5, 5.41) is 11.0. The van der Waals surface area contributed by atoms with Crippen LogP contribution in [0, 0.1) is 26.6 Å². The quantitative estimate of drug-likeness (QED) is 0.643. The number of halogens is 1. The number of aryl methyl sites for hydroxylation is 3. The zero-order chi connectivity index (χ0) is 21.3. The van der Waals surface area contributed by atoms with E-state index in [1.54, 1.807) is 19.1 Å². The Morgan fingerprint density at radius 3 is 2.47 bits per heavy atom. The number of hydrogen-bond acceptors (Lipinski definition) is 5. The van der Waals surface area contributed by atoms with Crippen LogP contribution < -0.4 is 5.32 Å². The minimum atomic E-state index is -0.281. The summed E-state index contributed by atoms with van der Waals surface area (Å²) in [7, 11) is 0. The van der Waals surface area contributed by atoms with Gasteiger partial charge in [-0.1, -0.05) is 35.3 Å². The number of hydrogen-bond donors (Lipinski definition) is 1. The number of carbonyl (C=O) groups excluding carboxylic acids is 1. The van der Waals surface area contributed by atoms with E-state index in [2.05, 4.69) is 15.6 Å². The number of aromatic nitrogens is 2. The van der Waals surface area contributed by atoms with Crippen molar-refractivity contribution in [3.63, 3.8) is 0 Å². The molecule has 0 saturated heterocycles. The Morgan fingerprint density at radius 1 is 1.10 bits per heavy atom. The smallest absolute Gasteiger partial charge is 0.273 e. The van der Waals surface area contributed by atoms with Crippen LogP contribution in [0.25, 0.3) is 0 Å². The lowest BCUT2D eigenvalue weighted by Crippen LogP contribution is -2.39. The third kappa shape index (κ3) is 3.76. The zero-order valence-corrected chi connectivity index (χ0v) is 17.5. The minimum absolute atomic E-state index is 0.251. The first-order chi connectivity index (χ1) is 14.4. The molecule has 3 aromatic rings. The second kappa shape index (κ2) is 8.05. The largest absolute Gasteiger partial charge is 0.361 e. The number of carbonyl (C=O) groups is 1. The molecule has 2 heterocycles. The van der Waals surface area contributed by atoms with Crippen LogP contribution in [-0.2, 0) is 11.8 Å². The van der Waals surface area contributed by atoms with E-state index in [1.807, 2.05) is 19.9 Å². The van der Waals surface area contributed by atoms with Gasteiger partial charge in [-0.15, -0.1) is 0 Å². The molecule has 1 aliphatic rings. The fraction of sp³-hybridized carbons (Fsp3) is 0.435. The summed E-state index contributed by atoms with van der Waals surface area (Å²) < 4.78 is 24.4. The molecule has 0 spiro atoms. The van der Waals surface area contributed by atoms with E-state index >= 15 is 0 Å². The van der Waals surface area contributed by atoms with Gasteiger partial charge in [0.2, 0.25) is 0 Å². The van der Waals surface area contributed by atoms with Gasteiger partial charge in [0.15, 0.2) is 5.69 Å². The Hall–Kier alpha value is -2.96. The molecule has 30 heavy (non-hydrogen) atoms. The lowest BCUT2D eigenvalue weighted by molar-refractivity contribution is 0.0933. The lowest BCUT2D eigenvalue weighted by Gasteiger charge is -2.30. The SMILES string of the molecule is Cc1noc(C)c1Cc1c(C(=O)NCC2(c3cccc(F)c3)CCCC2)noc1C. The minimum Gasteiger partial charge on any atom is -0.361 e. The predicted molar refractivity (Wildman–Crippen MR) is 109 cm³/mol. The highest BCUT2D eigenvalue weighted by Gasteiger charge is 2.36. The van der Waals surface area contributed by atoms with Crippen molar-refractivity contribution in [1.29, 1.82) is 0 Å². The van der Waals surface area contributed by atoms with Crippen molar-refractivity contribution in [3.8, 4) is 0 Å². The molecule has 0 bridgehead atoms. The van der Waals surface area contributed by atoms with Crippen LogP contribution >= 0.6 is 0 Å². The van der Waals surface area contributed by atoms with E-state index in [1.165, 1.54) is 6.07 Å². The molecular formula is C23H26FN3O3. The Labute approximate surface area is 174 Å². The molecule has 6 nitrogen and oxygen atoms in total. The Balaban J connectivity index is 1.54. The standard InChI is InChI=1S/C23H26FN3O3/c1-14-19(15(2)29-26-14)12-20-16(3)30-27-21(20)22(28)25-13-23(9-4-5-10-23)17-7-6-8-18(24)11-17/h6-8,11H,4-5,9-10,12-13H2,1-3H3,(H,25,28). The number of nitrogens with zero attached hydrogens (tertiary/aromatic N) is 2. The van der Waals surface area contributed by atoms with Crippen molar-refractivity contribution in [3.05, 3.63) is 69.7 Å². The van der Waals surface area contributed by atoms with Crippen LogP contribution in [-0.4, -0.2) is 22.8 Å². The summed E-state index contributed by atoms with van der Waals surface area (Å²) >= 11 is 0. The second-order valence-electron chi connectivity index (χ2n) is 8.23. The van der Waals surface area contributed by atoms with E-state index in [-0.39, 0.29) is 22.8 Å². The van der Waals surface area contributed by atoms with Crippen LogP contribution in [0.2, 0.25) is 0 Å². The average Bonchev–Trinajstić information content (AvgIpc) is 3.43. The monoisotopic (exact) mass is 411 g/mol. The number of rotatable bonds is 6. The van der Waals surface area contributed by atoms with Gasteiger partial charge >= 0.3 is 0 Å². The molecule has 1 aliphatic carbocycles. The zero-order valence-electron chi connectivity index (χ0n) is 17.5. The van der Waals surface area contributed by atoms with Gasteiger partial charge in [-0.25, -0.2) is 4.39 Å². The van der Waals surface area contributed by atoms with Crippen molar-refractivity contribution in [2.45, 2.75) is 58.3 Å². The van der Waals surface area contributed by atoms with E-state index < -0.39 is 0 Å². The number of amides is 1. The van der Waals surface area contributed by atoms with Crippen molar-refractivity contribution in [1.82, 2.24) is 15.6 Å². The van der Waals surface area contributed by atoms with Crippen molar-refractivity contribution >= 4 is 5.91 Å². The molecule has 1 saturated carbocycles. The maximum atomic E-state index is 13.8. The topological polar surface area (TPSA) is 81.2 Å². The molecule has 4 rings (SSSR count). The third-order valence-electron chi connectivity index (χ3n) is 6.32. The Bertz CT molecular complexity index is 1040. The molecule has 1 fully saturated rings. The molecule has 1 amide bonds. The van der Waals surface area contributed by atoms with Gasteiger partial charge in [0.05, 0.1) is 5.69 Å². The van der Waals surface area contributed by atoms with E-state index in [0.29, 0.717) is 18.7 Å². The summed E-state index contributed by atoms with van der Waals surface area (Å²) in [5.41, 5.74) is 3.41. The molecule has 1 aromatic carbocycles. The van der Waals surface area contributed by atoms with E-state index in [4.69, 9.17) is 9.05 Å². The molecule has 0 atom stereocenters. The fourth-order valence-electron chi connectivity index (χ4n) is 4.48. The number of nitrogens with one attached hydrogen (secondary N) is 1. The first-order valence-electron chi connectivity index (χ1n) is 10.3. The molecule has 1 N–H and O–H groups in total. The third-order valence-corrected chi connectivity index (χ3v) is 6.32. The van der Waals surface area contributed by atoms with Crippen LogP contribution in [0.3, 0.4) is 0 Å². The normalized spacial score (nSPS) is 15.5. The highest BCUT2D eigenvalue weighted by Crippen LogP contribution is 2.41. The van der Waals surface area contributed by atoms with Crippen molar-refractivity contribution in [2.75, 3.05) is 6.54 Å². The molecule has 0 aliphatic heterocycles. The predicted octanol–water partition coefficient (Wildman–Crippen LogP) is 4.56. The summed E-state index contributed by atoms with van der Waals surface area (Å²) in [5.74, 6) is 0.784. The maximum Gasteiger partial charge on any atom is 0.273 e. The molecule has 2 aromatic heterocycles. The van der Waals surface area contributed by atoms with E-state index in [9.17, 15) is 9.18 Å². The Morgan fingerprint density at radius 2 is 1.80 bits per heavy atom. The maximum absolute atomic E-state index is 13.8. The first-order valence-corrected chi connectivity index (χ1v) is 10.3. The van der Waals surface area contributed by atoms with Crippen LogP contribution in [0.4, 0.5) is 4.39 Å². The summed E-state index contributed by atoms with van der Waals surface area (Å²) in [4.78, 5) is 13.0. The van der Waals surface area contributed by atoms with Crippen LogP contribution in [0.1, 0.15) is 70.1 Å². The summed E-state index contributed by atoms with van der Waals surface area (Å²) in [6.45, 7) is 5.95. The fourth-order valence-corrected chi connectivity index (χ4v) is 4.48. The van der Waals surface area contributed by atoms with Gasteiger partial charge in [-0.05, 0) is 51.3 Å². The Kier molecular flexibility index (Phi) is 5.45. The lowest BCUT2D eigenvalue weighted by atomic mass is 9.78. The van der Waals surface area contributed by atoms with Crippen LogP contribution in [0.5, 0.6) is 0 Å². The van der Waals surface area contributed by atoms with Crippen molar-refractivity contribution in [2.24, 2.45) is 0 Å². The summed E-state index contributed by atoms with van der Waals surface area (Å²) in [6, 6.07) is 6.71. The van der Waals surface area contributed by atoms with Gasteiger partial charge in [0.25, 0.3) is 5.91 Å². The van der Waals surface area contributed by atoms with Gasteiger partial charge in [-0.2, -0.15) is 0 Å². The summed E-state index contributed by atoms with van der Waals surface area (Å²) in [6.07, 6.45) is 4.43.